The number of nitrogens with one attached hydrogen (secondary N) is 1. The van der Waals surface area contributed by atoms with Gasteiger partial charge in [0.1, 0.15) is 25.0 Å². The Morgan fingerprint density at radius 3 is 1.90 bits per heavy atom. The van der Waals surface area contributed by atoms with E-state index in [0.717, 1.165) is 50.1 Å². The van der Waals surface area contributed by atoms with Crippen molar-refractivity contribution in [1.29, 1.82) is 0 Å². The van der Waals surface area contributed by atoms with E-state index in [1.54, 1.807) is 0 Å². The summed E-state index contributed by atoms with van der Waals surface area (Å²) < 4.78 is 30.2. The van der Waals surface area contributed by atoms with Crippen LogP contribution in [0.25, 0.3) is 0 Å². The summed E-state index contributed by atoms with van der Waals surface area (Å²) in [4.78, 5) is 27.2. The fourth-order valence-electron chi connectivity index (χ4n) is 7.36. The van der Waals surface area contributed by atoms with Crippen LogP contribution in [0.5, 0.6) is 0 Å². The van der Waals surface area contributed by atoms with E-state index >= 15 is 0 Å². The van der Waals surface area contributed by atoms with Gasteiger partial charge in [-0.15, -0.1) is 0 Å². The molecular weight excluding hydrogens is 751 g/mol. The second-order valence-electron chi connectivity index (χ2n) is 17.8. The summed E-state index contributed by atoms with van der Waals surface area (Å²) in [7, 11) is -1.26. The van der Waals surface area contributed by atoms with Gasteiger partial charge in [0.25, 0.3) is 0 Å². The molecule has 0 aliphatic carbocycles. The van der Waals surface area contributed by atoms with E-state index in [1.165, 1.54) is 89.9 Å². The summed E-state index contributed by atoms with van der Waals surface area (Å²) >= 11 is 0. The van der Waals surface area contributed by atoms with Crippen LogP contribution in [0.4, 0.5) is 0 Å². The zero-order chi connectivity index (χ0) is 42.3. The van der Waals surface area contributed by atoms with Gasteiger partial charge in [0.05, 0.1) is 25.7 Å². The molecule has 1 aromatic rings. The Morgan fingerprint density at radius 1 is 0.793 bits per heavy atom. The molecule has 1 fully saturated rings. The summed E-state index contributed by atoms with van der Waals surface area (Å²) in [6.45, 7) is 11.7. The fourth-order valence-corrected chi connectivity index (χ4v) is 8.11. The summed E-state index contributed by atoms with van der Waals surface area (Å²) in [5, 5.41) is 24.6. The van der Waals surface area contributed by atoms with Gasteiger partial charge in [-0.3, -0.25) is 9.59 Å². The minimum absolute atomic E-state index is 0.0305. The monoisotopic (exact) mass is 836 g/mol. The molecule has 1 saturated heterocycles. The van der Waals surface area contributed by atoms with Crippen molar-refractivity contribution in [3.8, 4) is 0 Å². The van der Waals surface area contributed by atoms with E-state index in [2.05, 4.69) is 38.8 Å². The third-order valence-corrected chi connectivity index (χ3v) is 12.8. The minimum atomic E-state index is -1.39. The lowest BCUT2D eigenvalue weighted by atomic mass is 9.96. The largest absolute Gasteiger partial charge is 0.457 e. The van der Waals surface area contributed by atoms with Gasteiger partial charge in [-0.1, -0.05) is 186 Å². The Kier molecular flexibility index (Phi) is 29.6. The van der Waals surface area contributed by atoms with Crippen molar-refractivity contribution in [2.24, 2.45) is 0 Å². The number of rotatable bonds is 36. The van der Waals surface area contributed by atoms with Crippen LogP contribution in [0.2, 0.25) is 25.7 Å². The molecule has 3 N–H and O–H groups in total. The van der Waals surface area contributed by atoms with Crippen LogP contribution in [0, 0.1) is 0 Å². The van der Waals surface area contributed by atoms with E-state index < -0.39 is 57.4 Å². The van der Waals surface area contributed by atoms with Gasteiger partial charge in [-0.25, -0.2) is 0 Å². The zero-order valence-corrected chi connectivity index (χ0v) is 38.4. The second kappa shape index (κ2) is 32.9. The first-order chi connectivity index (χ1) is 28.1. The molecule has 1 aliphatic rings. The van der Waals surface area contributed by atoms with Crippen LogP contribution in [0.15, 0.2) is 30.3 Å². The zero-order valence-electron chi connectivity index (χ0n) is 37.4. The Balaban J connectivity index is 2.06. The third-order valence-electron chi connectivity index (χ3n) is 11.1. The SMILES string of the molecule is CCCCCCCCCCCCCC(=O)N[C@H]1[C@H](OCc2ccccc2)O[C@H](CO)[C@@H](O)[C@@H]1OC(=O)C[C@@H](CCCCCCCCCCC)OCOCC[Si](C)(C)C. The standard InChI is InChI=1S/C47H85NO9Si/c1-6-8-10-12-14-16-17-19-21-23-28-32-42(50)48-44-46(45(52)41(36-49)56-47(44)54-37-39-29-25-24-26-30-39)57-43(51)35-40(55-38-53-33-34-58(3,4)5)31-27-22-20-18-15-13-11-9-7-2/h24-26,29-30,40-41,44-47,49,52H,6-23,27-28,31-38H2,1-5H3,(H,48,50)/t40-,41-,44-,45-,46-,47-/m1/s1. The van der Waals surface area contributed by atoms with Crippen LogP contribution in [-0.2, 0) is 39.9 Å². The van der Waals surface area contributed by atoms with Crippen LogP contribution < -0.4 is 5.32 Å². The molecule has 10 nitrogen and oxygen atoms in total. The highest BCUT2D eigenvalue weighted by molar-refractivity contribution is 6.76. The number of carbonyl (C=O) groups is 2. The number of amides is 1. The maximum absolute atomic E-state index is 13.7. The summed E-state index contributed by atoms with van der Waals surface area (Å²) in [6, 6.07) is 9.59. The van der Waals surface area contributed by atoms with Gasteiger partial charge < -0.3 is 39.2 Å². The molecule has 0 spiro atoms. The molecule has 2 rings (SSSR count). The van der Waals surface area contributed by atoms with E-state index in [-0.39, 0.29) is 25.7 Å². The molecule has 58 heavy (non-hydrogen) atoms. The lowest BCUT2D eigenvalue weighted by Gasteiger charge is -2.43. The first kappa shape index (κ1) is 52.3. The smallest absolute Gasteiger partial charge is 0.308 e. The Bertz CT molecular complexity index is 1150. The molecule has 0 unspecified atom stereocenters. The molecule has 336 valence electrons. The Morgan fingerprint density at radius 2 is 1.34 bits per heavy atom. The number of carbonyl (C=O) groups excluding carboxylic acids is 2. The number of hydrogen-bond donors (Lipinski definition) is 3. The highest BCUT2D eigenvalue weighted by atomic mass is 28.3. The van der Waals surface area contributed by atoms with Gasteiger partial charge in [0, 0.05) is 21.1 Å². The highest BCUT2D eigenvalue weighted by Gasteiger charge is 2.48. The summed E-state index contributed by atoms with van der Waals surface area (Å²) in [5.74, 6) is -0.785. The first-order valence-electron chi connectivity index (χ1n) is 23.4. The molecule has 1 aliphatic heterocycles. The van der Waals surface area contributed by atoms with Crippen molar-refractivity contribution < 1.29 is 43.5 Å². The second-order valence-corrected chi connectivity index (χ2v) is 23.4. The van der Waals surface area contributed by atoms with Gasteiger partial charge in [-0.05, 0) is 24.4 Å². The fraction of sp³-hybridized carbons (Fsp3) is 0.830. The topological polar surface area (TPSA) is 133 Å². The summed E-state index contributed by atoms with van der Waals surface area (Å²) in [5.41, 5.74) is 0.890. The number of benzene rings is 1. The Labute approximate surface area is 354 Å². The summed E-state index contributed by atoms with van der Waals surface area (Å²) in [6.07, 6.45) is 19.5. The predicted molar refractivity (Wildman–Crippen MR) is 236 cm³/mol. The molecule has 11 heteroatoms. The van der Waals surface area contributed by atoms with Crippen LogP contribution in [-0.4, -0.2) is 86.9 Å². The minimum Gasteiger partial charge on any atom is -0.457 e. The van der Waals surface area contributed by atoms with Crippen LogP contribution >= 0.6 is 0 Å². The van der Waals surface area contributed by atoms with E-state index in [9.17, 15) is 19.8 Å². The molecule has 0 radical (unpaired) electrons. The average Bonchev–Trinajstić information content (AvgIpc) is 3.20. The van der Waals surface area contributed by atoms with Crippen molar-refractivity contribution in [3.63, 3.8) is 0 Å². The van der Waals surface area contributed by atoms with Gasteiger partial charge in [-0.2, -0.15) is 0 Å². The molecule has 0 bridgehead atoms. The van der Waals surface area contributed by atoms with Crippen molar-refractivity contribution in [2.75, 3.05) is 20.0 Å². The Hall–Kier alpha value is -1.86. The molecular formula is C47H85NO9Si. The van der Waals surface area contributed by atoms with Gasteiger partial charge >= 0.3 is 5.97 Å². The normalized spacial score (nSPS) is 20.2. The van der Waals surface area contributed by atoms with Gasteiger partial charge in [0.15, 0.2) is 12.4 Å². The number of ether oxygens (including phenoxy) is 5. The maximum atomic E-state index is 13.7. The lowest BCUT2D eigenvalue weighted by molar-refractivity contribution is -0.277. The van der Waals surface area contributed by atoms with Crippen molar-refractivity contribution >= 4 is 20.0 Å². The maximum Gasteiger partial charge on any atom is 0.308 e. The average molecular weight is 836 g/mol. The molecule has 1 heterocycles. The molecule has 0 aromatic heterocycles. The van der Waals surface area contributed by atoms with Crippen molar-refractivity contribution in [3.05, 3.63) is 35.9 Å². The van der Waals surface area contributed by atoms with E-state index in [0.29, 0.717) is 19.4 Å². The predicted octanol–water partition coefficient (Wildman–Crippen LogP) is 10.4. The number of unbranched alkanes of at least 4 members (excludes halogenated alkanes) is 18. The van der Waals surface area contributed by atoms with Gasteiger partial charge in [0.2, 0.25) is 5.91 Å². The number of hydrogen-bond acceptors (Lipinski definition) is 9. The molecule has 1 amide bonds. The molecule has 6 atom stereocenters. The van der Waals surface area contributed by atoms with Crippen molar-refractivity contribution in [2.45, 2.75) is 231 Å². The highest BCUT2D eigenvalue weighted by Crippen LogP contribution is 2.27. The number of aliphatic hydroxyl groups is 2. The van der Waals surface area contributed by atoms with Crippen LogP contribution in [0.3, 0.4) is 0 Å². The van der Waals surface area contributed by atoms with Crippen molar-refractivity contribution in [1.82, 2.24) is 5.32 Å². The van der Waals surface area contributed by atoms with E-state index in [1.807, 2.05) is 30.3 Å². The third kappa shape index (κ3) is 25.0. The number of aliphatic hydroxyl groups excluding tert-OH is 2. The quantitative estimate of drug-likeness (QED) is 0.0261. The lowest BCUT2D eigenvalue weighted by Crippen LogP contribution is -2.65. The molecule has 1 aromatic carbocycles. The van der Waals surface area contributed by atoms with E-state index in [4.69, 9.17) is 23.7 Å². The first-order valence-corrected chi connectivity index (χ1v) is 27.1. The molecule has 0 saturated carbocycles. The van der Waals surface area contributed by atoms with Crippen LogP contribution in [0.1, 0.15) is 167 Å². The number of esters is 1.